The van der Waals surface area contributed by atoms with Gasteiger partial charge in [-0.15, -0.1) is 0 Å². The summed E-state index contributed by atoms with van der Waals surface area (Å²) in [6, 6.07) is 15.9. The van der Waals surface area contributed by atoms with Crippen LogP contribution in [0.3, 0.4) is 0 Å². The molecular formula is C19H20N2O2. The summed E-state index contributed by atoms with van der Waals surface area (Å²) in [4.78, 5) is 12.5. The summed E-state index contributed by atoms with van der Waals surface area (Å²) in [6.07, 6.45) is 2.68. The molecule has 4 heteroatoms. The Bertz CT molecular complexity index is 822. The molecule has 0 atom stereocenters. The summed E-state index contributed by atoms with van der Waals surface area (Å²) in [6.45, 7) is 0.614. The molecule has 3 rings (SSSR count). The molecule has 118 valence electrons. The molecule has 0 unspecified atom stereocenters. The van der Waals surface area contributed by atoms with Crippen molar-refractivity contribution in [3.63, 3.8) is 0 Å². The van der Waals surface area contributed by atoms with Crippen LogP contribution in [-0.2, 0) is 13.5 Å². The largest absolute Gasteiger partial charge is 0.497 e. The van der Waals surface area contributed by atoms with Crippen LogP contribution < -0.4 is 10.1 Å². The lowest BCUT2D eigenvalue weighted by atomic mass is 10.1. The Labute approximate surface area is 135 Å². The van der Waals surface area contributed by atoms with Crippen molar-refractivity contribution in [2.45, 2.75) is 6.42 Å². The summed E-state index contributed by atoms with van der Waals surface area (Å²) < 4.78 is 7.22. The van der Waals surface area contributed by atoms with E-state index in [0.29, 0.717) is 12.1 Å². The zero-order chi connectivity index (χ0) is 16.2. The van der Waals surface area contributed by atoms with Crippen LogP contribution in [0.2, 0.25) is 0 Å². The maximum atomic E-state index is 12.5. The summed E-state index contributed by atoms with van der Waals surface area (Å²) in [5.41, 5.74) is 2.90. The number of methoxy groups -OCH3 is 1. The number of fused-ring (bicyclic) bond motifs is 1. The number of hydrogen-bond donors (Lipinski definition) is 1. The maximum Gasteiger partial charge on any atom is 0.253 e. The van der Waals surface area contributed by atoms with Crippen molar-refractivity contribution in [3.8, 4) is 5.75 Å². The lowest BCUT2D eigenvalue weighted by molar-refractivity contribution is 0.0955. The van der Waals surface area contributed by atoms with Crippen molar-refractivity contribution in [1.29, 1.82) is 0 Å². The number of aryl methyl sites for hydroxylation is 1. The van der Waals surface area contributed by atoms with E-state index in [1.54, 1.807) is 7.11 Å². The van der Waals surface area contributed by atoms with Gasteiger partial charge < -0.3 is 14.6 Å². The fourth-order valence-corrected chi connectivity index (χ4v) is 2.74. The number of hydrogen-bond acceptors (Lipinski definition) is 2. The molecule has 0 radical (unpaired) electrons. The quantitative estimate of drug-likeness (QED) is 0.787. The van der Waals surface area contributed by atoms with Crippen LogP contribution in [0, 0.1) is 0 Å². The first-order valence-electron chi connectivity index (χ1n) is 7.64. The van der Waals surface area contributed by atoms with Gasteiger partial charge in [0.1, 0.15) is 5.75 Å². The van der Waals surface area contributed by atoms with Gasteiger partial charge in [-0.1, -0.05) is 30.3 Å². The molecule has 0 saturated heterocycles. The van der Waals surface area contributed by atoms with Gasteiger partial charge in [-0.3, -0.25) is 4.79 Å². The van der Waals surface area contributed by atoms with Gasteiger partial charge in [-0.25, -0.2) is 0 Å². The van der Waals surface area contributed by atoms with Crippen LogP contribution in [0.4, 0.5) is 0 Å². The minimum absolute atomic E-state index is 0.0558. The van der Waals surface area contributed by atoms with Gasteiger partial charge in [0.2, 0.25) is 0 Å². The molecule has 0 bridgehead atoms. The third-order valence-electron chi connectivity index (χ3n) is 3.98. The Hall–Kier alpha value is -2.75. The summed E-state index contributed by atoms with van der Waals surface area (Å²) in [5.74, 6) is 0.696. The number of nitrogens with zero attached hydrogens (tertiary/aromatic N) is 1. The van der Waals surface area contributed by atoms with E-state index in [1.807, 2.05) is 54.2 Å². The predicted octanol–water partition coefficient (Wildman–Crippen LogP) is 3.16. The van der Waals surface area contributed by atoms with Gasteiger partial charge >= 0.3 is 0 Å². The second-order valence-electron chi connectivity index (χ2n) is 5.53. The van der Waals surface area contributed by atoms with Gasteiger partial charge in [-0.2, -0.15) is 0 Å². The Balaban J connectivity index is 1.75. The number of nitrogens with one attached hydrogen (secondary N) is 1. The van der Waals surface area contributed by atoms with E-state index < -0.39 is 0 Å². The minimum Gasteiger partial charge on any atom is -0.497 e. The van der Waals surface area contributed by atoms with E-state index in [-0.39, 0.29) is 5.91 Å². The minimum atomic E-state index is -0.0558. The van der Waals surface area contributed by atoms with Crippen LogP contribution in [0.5, 0.6) is 5.75 Å². The van der Waals surface area contributed by atoms with Crippen molar-refractivity contribution < 1.29 is 9.53 Å². The number of ether oxygens (including phenoxy) is 1. The van der Waals surface area contributed by atoms with Crippen LogP contribution in [0.15, 0.2) is 54.7 Å². The van der Waals surface area contributed by atoms with Gasteiger partial charge in [0.05, 0.1) is 12.7 Å². The van der Waals surface area contributed by atoms with Gasteiger partial charge in [0.25, 0.3) is 5.91 Å². The smallest absolute Gasteiger partial charge is 0.253 e. The number of benzene rings is 2. The second-order valence-corrected chi connectivity index (χ2v) is 5.53. The number of carbonyl (C=O) groups excluding carboxylic acids is 1. The van der Waals surface area contributed by atoms with Crippen molar-refractivity contribution in [3.05, 3.63) is 65.9 Å². The molecule has 1 heterocycles. The van der Waals surface area contributed by atoms with Crippen molar-refractivity contribution in [1.82, 2.24) is 9.88 Å². The molecular weight excluding hydrogens is 288 g/mol. The first kappa shape index (κ1) is 15.2. The first-order valence-corrected chi connectivity index (χ1v) is 7.64. The number of rotatable bonds is 5. The highest BCUT2D eigenvalue weighted by atomic mass is 16.5. The van der Waals surface area contributed by atoms with Crippen LogP contribution in [-0.4, -0.2) is 24.1 Å². The topological polar surface area (TPSA) is 43.3 Å². The van der Waals surface area contributed by atoms with Crippen molar-refractivity contribution >= 4 is 16.8 Å². The summed E-state index contributed by atoms with van der Waals surface area (Å²) in [7, 11) is 3.57. The number of amides is 1. The lowest BCUT2D eigenvalue weighted by Gasteiger charge is -2.05. The molecule has 0 saturated carbocycles. The monoisotopic (exact) mass is 308 g/mol. The van der Waals surface area contributed by atoms with E-state index >= 15 is 0 Å². The van der Waals surface area contributed by atoms with Crippen molar-refractivity contribution in [2.24, 2.45) is 7.05 Å². The van der Waals surface area contributed by atoms with Gasteiger partial charge in [0, 0.05) is 30.7 Å². The molecule has 0 spiro atoms. The zero-order valence-electron chi connectivity index (χ0n) is 13.4. The Kier molecular flexibility index (Phi) is 4.33. The first-order chi connectivity index (χ1) is 11.2. The predicted molar refractivity (Wildman–Crippen MR) is 92.0 cm³/mol. The van der Waals surface area contributed by atoms with Gasteiger partial charge in [-0.05, 0) is 30.2 Å². The molecule has 1 aromatic heterocycles. The van der Waals surface area contributed by atoms with Crippen LogP contribution >= 0.6 is 0 Å². The zero-order valence-corrected chi connectivity index (χ0v) is 13.4. The molecule has 2 aromatic carbocycles. The highest BCUT2D eigenvalue weighted by Gasteiger charge is 2.14. The summed E-state index contributed by atoms with van der Waals surface area (Å²) in [5, 5.41) is 3.90. The molecule has 0 aliphatic heterocycles. The van der Waals surface area contributed by atoms with E-state index in [9.17, 15) is 4.79 Å². The molecule has 1 amide bonds. The third kappa shape index (κ3) is 3.21. The molecule has 4 nitrogen and oxygen atoms in total. The normalized spacial score (nSPS) is 10.7. The fraction of sp³-hybridized carbons (Fsp3) is 0.211. The highest BCUT2D eigenvalue weighted by Crippen LogP contribution is 2.25. The summed E-state index contributed by atoms with van der Waals surface area (Å²) >= 11 is 0. The van der Waals surface area contributed by atoms with E-state index in [0.717, 1.165) is 23.1 Å². The van der Waals surface area contributed by atoms with Crippen LogP contribution in [0.1, 0.15) is 15.9 Å². The molecule has 0 fully saturated rings. The second kappa shape index (κ2) is 6.57. The average molecular weight is 308 g/mol. The molecule has 0 aliphatic carbocycles. The Morgan fingerprint density at radius 1 is 1.17 bits per heavy atom. The van der Waals surface area contributed by atoms with E-state index in [4.69, 9.17) is 4.74 Å². The SMILES string of the molecule is COc1ccc2c(c1)c(C(=O)NCCc1ccccc1)cn2C. The molecule has 23 heavy (non-hydrogen) atoms. The van der Waals surface area contributed by atoms with Gasteiger partial charge in [0.15, 0.2) is 0 Å². The fourth-order valence-electron chi connectivity index (χ4n) is 2.74. The molecule has 3 aromatic rings. The number of carbonyl (C=O) groups is 1. The average Bonchev–Trinajstić information content (AvgIpc) is 2.92. The molecule has 1 N–H and O–H groups in total. The van der Waals surface area contributed by atoms with E-state index in [2.05, 4.69) is 17.4 Å². The Morgan fingerprint density at radius 2 is 1.96 bits per heavy atom. The third-order valence-corrected chi connectivity index (χ3v) is 3.98. The lowest BCUT2D eigenvalue weighted by Crippen LogP contribution is -2.25. The molecule has 0 aliphatic rings. The Morgan fingerprint density at radius 3 is 2.70 bits per heavy atom. The van der Waals surface area contributed by atoms with Crippen LogP contribution in [0.25, 0.3) is 10.9 Å². The van der Waals surface area contributed by atoms with Crippen molar-refractivity contribution in [2.75, 3.05) is 13.7 Å². The van der Waals surface area contributed by atoms with E-state index in [1.165, 1.54) is 5.56 Å². The maximum absolute atomic E-state index is 12.5. The standard InChI is InChI=1S/C19H20N2O2/c1-21-13-17(16-12-15(23-2)8-9-18(16)21)19(22)20-11-10-14-6-4-3-5-7-14/h3-9,12-13H,10-11H2,1-2H3,(H,20,22). The highest BCUT2D eigenvalue weighted by molar-refractivity contribution is 6.07. The number of aromatic nitrogens is 1.